The van der Waals surface area contributed by atoms with Crippen LogP contribution in [0.25, 0.3) is 11.1 Å². The molecule has 1 unspecified atom stereocenters. The number of carbonyl (C=O) groups excluding carboxylic acids is 1. The number of amides is 1. The second-order valence-electron chi connectivity index (χ2n) is 7.47. The number of fused-ring (bicyclic) bond motifs is 1. The predicted molar refractivity (Wildman–Crippen MR) is 107 cm³/mol. The minimum absolute atomic E-state index is 0.0460. The molecule has 0 saturated carbocycles. The molecule has 1 saturated heterocycles. The number of nitrogens with zero attached hydrogens (tertiary/aromatic N) is 4. The number of hydrogen-bond acceptors (Lipinski definition) is 8. The highest BCUT2D eigenvalue weighted by atomic mass is 32.3. The average Bonchev–Trinajstić information content (AvgIpc) is 3.29. The van der Waals surface area contributed by atoms with Crippen LogP contribution in [-0.4, -0.2) is 50.2 Å². The Labute approximate surface area is 174 Å². The summed E-state index contributed by atoms with van der Waals surface area (Å²) in [4.78, 5) is 16.9. The third kappa shape index (κ3) is 3.32. The summed E-state index contributed by atoms with van der Waals surface area (Å²) in [6, 6.07) is 1.71. The number of aryl methyl sites for hydroxylation is 3. The smallest absolute Gasteiger partial charge is 0.259 e. The lowest BCUT2D eigenvalue weighted by molar-refractivity contribution is 0.0964. The van der Waals surface area contributed by atoms with Gasteiger partial charge in [-0.15, -0.1) is 4.31 Å². The van der Waals surface area contributed by atoms with Gasteiger partial charge in [0, 0.05) is 38.7 Å². The zero-order chi connectivity index (χ0) is 21.6. The van der Waals surface area contributed by atoms with Gasteiger partial charge in [0.2, 0.25) is 4.90 Å². The molecule has 1 N–H and O–H groups in total. The quantitative estimate of drug-likeness (QED) is 0.619. The van der Waals surface area contributed by atoms with E-state index in [1.165, 1.54) is 4.31 Å². The van der Waals surface area contributed by atoms with E-state index in [0.29, 0.717) is 59.7 Å². The summed E-state index contributed by atoms with van der Waals surface area (Å²) in [5.41, 5.74) is 2.43. The van der Waals surface area contributed by atoms with Gasteiger partial charge in [0.25, 0.3) is 11.6 Å². The first-order valence-corrected chi connectivity index (χ1v) is 11.1. The van der Waals surface area contributed by atoms with Crippen molar-refractivity contribution in [2.75, 3.05) is 20.1 Å². The molecule has 3 aromatic heterocycles. The van der Waals surface area contributed by atoms with E-state index in [4.69, 9.17) is 9.05 Å². The van der Waals surface area contributed by atoms with Crippen molar-refractivity contribution in [3.8, 4) is 0 Å². The van der Waals surface area contributed by atoms with Gasteiger partial charge in [0.1, 0.15) is 5.69 Å². The van der Waals surface area contributed by atoms with Crippen LogP contribution in [0.15, 0.2) is 20.0 Å². The van der Waals surface area contributed by atoms with Gasteiger partial charge in [-0.05, 0) is 32.8 Å². The highest BCUT2D eigenvalue weighted by Crippen LogP contribution is 2.37. The Morgan fingerprint density at radius 1 is 1.23 bits per heavy atom. The number of aromatic nitrogens is 3. The van der Waals surface area contributed by atoms with Crippen molar-refractivity contribution in [1.82, 2.24) is 24.9 Å². The molecule has 0 bridgehead atoms. The zero-order valence-electron chi connectivity index (χ0n) is 17.2. The molecule has 1 aliphatic rings. The van der Waals surface area contributed by atoms with Crippen molar-refractivity contribution in [3.05, 3.63) is 34.5 Å². The molecule has 0 aromatic carbocycles. The fourth-order valence-corrected chi connectivity index (χ4v) is 5.79. The summed E-state index contributed by atoms with van der Waals surface area (Å²) < 4.78 is 38.0. The molecule has 11 heteroatoms. The van der Waals surface area contributed by atoms with Crippen LogP contribution in [0.3, 0.4) is 0 Å². The Bertz CT molecular complexity index is 1140. The molecular weight excluding hydrogens is 410 g/mol. The van der Waals surface area contributed by atoms with Gasteiger partial charge in [-0.2, -0.15) is 0 Å². The summed E-state index contributed by atoms with van der Waals surface area (Å²) in [6.45, 7) is 5.63. The minimum atomic E-state index is -3.69. The predicted octanol–water partition coefficient (Wildman–Crippen LogP) is 2.28. The van der Waals surface area contributed by atoms with Crippen LogP contribution in [0.1, 0.15) is 52.0 Å². The first kappa shape index (κ1) is 20.6. The Hall–Kier alpha value is -2.63. The summed E-state index contributed by atoms with van der Waals surface area (Å²) in [5, 5.41) is 11.2. The molecule has 1 aliphatic heterocycles. The molecule has 10 nitrogen and oxygen atoms in total. The Kier molecular flexibility index (Phi) is 5.20. The molecule has 3 aromatic rings. The summed E-state index contributed by atoms with van der Waals surface area (Å²) in [6.07, 6.45) is 1.09. The first-order valence-electron chi connectivity index (χ1n) is 9.66. The van der Waals surface area contributed by atoms with Crippen molar-refractivity contribution >= 4 is 27.4 Å². The maximum atomic E-state index is 13.0. The molecule has 1 atom stereocenters. The van der Waals surface area contributed by atoms with E-state index in [0.717, 1.165) is 0 Å². The first-order chi connectivity index (χ1) is 14.2. The summed E-state index contributed by atoms with van der Waals surface area (Å²) in [5.74, 6) is -0.00237. The van der Waals surface area contributed by atoms with Crippen LogP contribution < -0.4 is 5.32 Å². The van der Waals surface area contributed by atoms with Gasteiger partial charge < -0.3 is 18.9 Å². The second-order valence-corrected chi connectivity index (χ2v) is 9.34. The standard InChI is InChI=1S/C19H23N5O5S/c1-10-9-14(18(25)20-4)15-16(23-29-19(15)21-10)13-5-7-24(8-6-13)30(26,27)17-11(2)22-28-12(17)3/h9,13H,5-8H2,1-4H3,(H-,20,25,26,27). The highest BCUT2D eigenvalue weighted by Gasteiger charge is 2.40. The molecule has 1 fully saturated rings. The van der Waals surface area contributed by atoms with Crippen molar-refractivity contribution in [2.45, 2.75) is 44.4 Å². The Balaban J connectivity index is 1.61. The maximum Gasteiger partial charge on any atom is 0.259 e. The van der Waals surface area contributed by atoms with Gasteiger partial charge in [-0.3, -0.25) is 4.79 Å². The lowest BCUT2D eigenvalue weighted by Crippen LogP contribution is -2.42. The van der Waals surface area contributed by atoms with Gasteiger partial charge in [0.15, 0.2) is 16.2 Å². The number of piperidine rings is 1. The number of nitrogens with one attached hydrogen (secondary N) is 1. The van der Waals surface area contributed by atoms with E-state index in [1.54, 1.807) is 33.9 Å². The topological polar surface area (TPSA) is 137 Å². The van der Waals surface area contributed by atoms with Gasteiger partial charge in [0.05, 0.1) is 16.6 Å². The molecule has 1 amide bonds. The lowest BCUT2D eigenvalue weighted by Gasteiger charge is -2.32. The van der Waals surface area contributed by atoms with E-state index in [-0.39, 0.29) is 22.5 Å². The second kappa shape index (κ2) is 7.56. The van der Waals surface area contributed by atoms with Crippen LogP contribution >= 0.6 is 0 Å². The van der Waals surface area contributed by atoms with E-state index in [2.05, 4.69) is 20.6 Å². The highest BCUT2D eigenvalue weighted by molar-refractivity contribution is 7.95. The monoisotopic (exact) mass is 433 g/mol. The fraction of sp³-hybridized carbons (Fsp3) is 0.474. The molecule has 4 rings (SSSR count). The van der Waals surface area contributed by atoms with Gasteiger partial charge in [-0.1, -0.05) is 14.5 Å². The van der Waals surface area contributed by atoms with E-state index in [1.807, 2.05) is 0 Å². The molecule has 160 valence electrons. The normalized spacial score (nSPS) is 17.9. The van der Waals surface area contributed by atoms with Crippen molar-refractivity contribution < 1.29 is 22.6 Å². The van der Waals surface area contributed by atoms with E-state index in [9.17, 15) is 13.6 Å². The Morgan fingerprint density at radius 3 is 2.53 bits per heavy atom. The van der Waals surface area contributed by atoms with Crippen LogP contribution in [-0.2, 0) is 14.6 Å². The third-order valence-corrected chi connectivity index (χ3v) is 7.62. The van der Waals surface area contributed by atoms with E-state index >= 15 is 0 Å². The number of carbonyl (C=O) groups is 1. The van der Waals surface area contributed by atoms with Gasteiger partial charge >= 0.3 is 0 Å². The summed E-state index contributed by atoms with van der Waals surface area (Å²) in [7, 11) is -2.12. The molecule has 4 heterocycles. The van der Waals surface area contributed by atoms with Crippen LogP contribution in [0, 0.1) is 20.8 Å². The Morgan fingerprint density at radius 2 is 1.93 bits per heavy atom. The van der Waals surface area contributed by atoms with Crippen molar-refractivity contribution in [2.24, 2.45) is 0 Å². The summed E-state index contributed by atoms with van der Waals surface area (Å²) >= 11 is 0. The van der Waals surface area contributed by atoms with Crippen LogP contribution in [0.2, 0.25) is 0 Å². The average molecular weight is 433 g/mol. The minimum Gasteiger partial charge on any atom is -0.593 e. The molecule has 0 radical (unpaired) electrons. The molecule has 30 heavy (non-hydrogen) atoms. The van der Waals surface area contributed by atoms with Crippen LogP contribution in [0.4, 0.5) is 0 Å². The number of rotatable bonds is 4. The lowest BCUT2D eigenvalue weighted by atomic mass is 9.91. The largest absolute Gasteiger partial charge is 0.593 e. The van der Waals surface area contributed by atoms with E-state index < -0.39 is 10.4 Å². The fourth-order valence-electron chi connectivity index (χ4n) is 4.03. The zero-order valence-corrected chi connectivity index (χ0v) is 18.0. The molecular formula is C19H23N5O5S. The van der Waals surface area contributed by atoms with Crippen molar-refractivity contribution in [1.29, 1.82) is 0 Å². The molecule has 0 aliphatic carbocycles. The number of sulfonamides is 1. The molecule has 0 spiro atoms. The number of hydrogen-bond donors (Lipinski definition) is 1. The maximum absolute atomic E-state index is 13.0. The van der Waals surface area contributed by atoms with Gasteiger partial charge in [-0.25, -0.2) is 4.98 Å². The van der Waals surface area contributed by atoms with Crippen LogP contribution in [0.5, 0.6) is 0 Å². The third-order valence-electron chi connectivity index (χ3n) is 5.48. The SMILES string of the molecule is CNC(=O)c1cc(C)nc2onc(C3CCN([S+](=O)([O-])c4c(C)noc4C)CC3)c12. The number of pyridine rings is 1. The van der Waals surface area contributed by atoms with Crippen molar-refractivity contribution in [3.63, 3.8) is 0 Å².